The maximum absolute atomic E-state index is 13.0. The van der Waals surface area contributed by atoms with Crippen molar-refractivity contribution in [3.8, 4) is 0 Å². The van der Waals surface area contributed by atoms with Crippen LogP contribution < -0.4 is 0 Å². The molecule has 0 aliphatic carbocycles. The van der Waals surface area contributed by atoms with Gasteiger partial charge < -0.3 is 34.2 Å². The van der Waals surface area contributed by atoms with Crippen molar-refractivity contribution in [1.29, 1.82) is 0 Å². The summed E-state index contributed by atoms with van der Waals surface area (Å²) in [5.41, 5.74) is 0. The summed E-state index contributed by atoms with van der Waals surface area (Å²) in [4.78, 5) is 58.9. The predicted molar refractivity (Wildman–Crippen MR) is 472 cm³/mol. The third-order valence-corrected chi connectivity index (χ3v) is 20.0. The molecule has 0 bridgehead atoms. The molecule has 0 aliphatic rings. The van der Waals surface area contributed by atoms with E-state index in [4.69, 9.17) is 32.3 Å². The number of carbonyl (C=O) groups excluding carboxylic acids is 3. The monoisotopic (exact) mass is 1620 g/mol. The first-order chi connectivity index (χ1) is 55.2. The van der Waals surface area contributed by atoms with Crippen molar-refractivity contribution in [3.63, 3.8) is 0 Å². The number of ether oxygens (including phenoxy) is 3. The molecule has 5 unspecified atom stereocenters. The number of aliphatic hydroxyl groups excluding tert-OH is 2. The van der Waals surface area contributed by atoms with E-state index in [9.17, 15) is 43.5 Å². The van der Waals surface area contributed by atoms with Crippen LogP contribution in [0, 0.1) is 0 Å². The Balaban J connectivity index is 4.55. The third kappa shape index (κ3) is 87.3. The van der Waals surface area contributed by atoms with Crippen molar-refractivity contribution < 1.29 is 75.8 Å². The van der Waals surface area contributed by atoms with Gasteiger partial charge in [-0.05, 0) is 161 Å². The molecule has 0 aromatic heterocycles. The van der Waals surface area contributed by atoms with Crippen LogP contribution in [0.3, 0.4) is 0 Å². The smallest absolute Gasteiger partial charge is 0.463 e. The van der Waals surface area contributed by atoms with Crippen LogP contribution >= 0.6 is 15.6 Å². The normalized spacial score (nSPS) is 14.7. The van der Waals surface area contributed by atoms with E-state index >= 15 is 0 Å². The predicted octanol–water partition coefficient (Wildman–Crippen LogP) is 26.9. The summed E-state index contributed by atoms with van der Waals surface area (Å²) in [7, 11) is -9.82. The Morgan fingerprint density at radius 3 is 0.743 bits per heavy atom. The molecule has 0 amide bonds. The largest absolute Gasteiger partial charge is 0.472 e. The summed E-state index contributed by atoms with van der Waals surface area (Å²) in [5.74, 6) is -1.62. The summed E-state index contributed by atoms with van der Waals surface area (Å²) < 4.78 is 61.3. The molecule has 0 saturated heterocycles. The molecule has 0 fully saturated rings. The SMILES string of the molecule is CC/C=C\C/C=C\C/C=C\C/C=C\C/C=C\C/C=C\CCCCCCCCCCCCCCCCCCC(=O)OCC(O)COP(=O)(O)OCC(O)COP(=O)(O)OCC(COC(=O)CCCCCCC/C=C\C/C=C\C/C=C\C/C=C\C/C=C\CC)OC(=O)CCCCCCC/C=C\C/C=C\C/C=C\C/C=C\CCCCC. The second-order valence-corrected chi connectivity index (χ2v) is 31.8. The van der Waals surface area contributed by atoms with E-state index < -0.39 is 91.5 Å². The number of allylic oxidation sites excluding steroid dienone is 30. The molecule has 0 heterocycles. The third-order valence-electron chi connectivity index (χ3n) is 18.1. The molecule has 113 heavy (non-hydrogen) atoms. The van der Waals surface area contributed by atoms with Crippen LogP contribution in [0.4, 0.5) is 0 Å². The molecule has 0 rings (SSSR count). The van der Waals surface area contributed by atoms with Crippen LogP contribution in [0.25, 0.3) is 0 Å². The zero-order valence-corrected chi connectivity index (χ0v) is 72.5. The van der Waals surface area contributed by atoms with E-state index in [-0.39, 0.29) is 19.3 Å². The number of unbranched alkanes of at least 4 members (excludes halogenated alkanes) is 29. The number of esters is 3. The average Bonchev–Trinajstić information content (AvgIpc) is 0.899. The summed E-state index contributed by atoms with van der Waals surface area (Å²) in [5, 5.41) is 20.7. The highest BCUT2D eigenvalue weighted by Crippen LogP contribution is 2.45. The summed E-state index contributed by atoms with van der Waals surface area (Å²) >= 11 is 0. The Labute approximate surface area is 687 Å². The Bertz CT molecular complexity index is 2780. The Hall–Kier alpha value is -5.35. The highest BCUT2D eigenvalue weighted by atomic mass is 31.2. The van der Waals surface area contributed by atoms with Crippen LogP contribution in [-0.4, -0.2) is 95.9 Å². The van der Waals surface area contributed by atoms with Crippen molar-refractivity contribution in [2.24, 2.45) is 0 Å². The Morgan fingerprint density at radius 2 is 0.469 bits per heavy atom. The van der Waals surface area contributed by atoms with Gasteiger partial charge in [0, 0.05) is 19.3 Å². The van der Waals surface area contributed by atoms with Gasteiger partial charge in [0.2, 0.25) is 0 Å². The topological polar surface area (TPSA) is 231 Å². The molecule has 644 valence electrons. The van der Waals surface area contributed by atoms with E-state index in [0.29, 0.717) is 19.3 Å². The van der Waals surface area contributed by atoms with E-state index in [1.54, 1.807) is 0 Å². The van der Waals surface area contributed by atoms with Crippen molar-refractivity contribution in [3.05, 3.63) is 182 Å². The summed E-state index contributed by atoms with van der Waals surface area (Å²) in [6, 6.07) is 0. The summed E-state index contributed by atoms with van der Waals surface area (Å²) in [6.45, 7) is 2.40. The lowest BCUT2D eigenvalue weighted by atomic mass is 10.0. The van der Waals surface area contributed by atoms with Crippen molar-refractivity contribution in [2.75, 3.05) is 39.6 Å². The highest BCUT2D eigenvalue weighted by Gasteiger charge is 2.29. The maximum atomic E-state index is 13.0. The number of aliphatic hydroxyl groups is 2. The van der Waals surface area contributed by atoms with Crippen LogP contribution in [0.15, 0.2) is 182 Å². The standard InChI is InChI=1S/C95H158O16P2/c1-4-7-10-13-16-19-22-25-28-31-34-37-38-39-40-41-42-43-44-45-46-47-48-49-50-53-55-57-60-63-66-69-72-75-78-81-93(98)105-84-90(96)85-107-112(101,102)108-86-91(97)87-109-113(103,104)110-89-92(111-95(100)83-80-77-74-71-68-65-62-59-56-52-36-33-30-27-24-21-18-15-12-9-6-3)88-106-94(99)82-79-76-73-70-67-64-61-58-54-51-35-32-29-26-23-20-17-14-11-8-5-2/h7-8,10-11,16-21,25-30,34-37,39-40,42-43,51-52,58-59,61-62,90-92,96-97H,4-6,9,12-15,22-24,31-33,38,41,44-50,53-57,60,63-89H2,1-3H3,(H,101,102)(H,103,104)/b10-7-,11-8-,19-16-,20-17-,21-18-,28-25-,29-26-,30-27-,37-34-,40-39-,43-42-,51-35-,52-36-,61-58-,62-59-. The van der Waals surface area contributed by atoms with Gasteiger partial charge in [0.05, 0.1) is 26.4 Å². The fraction of sp³-hybridized carbons (Fsp3) is 0.653. The van der Waals surface area contributed by atoms with Gasteiger partial charge in [0.15, 0.2) is 6.10 Å². The van der Waals surface area contributed by atoms with E-state index in [0.717, 1.165) is 180 Å². The quantitative estimate of drug-likeness (QED) is 0.0146. The zero-order chi connectivity index (χ0) is 82.2. The fourth-order valence-electron chi connectivity index (χ4n) is 11.5. The van der Waals surface area contributed by atoms with Gasteiger partial charge in [0.25, 0.3) is 0 Å². The van der Waals surface area contributed by atoms with Crippen LogP contribution in [0.2, 0.25) is 0 Å². The molecule has 0 aliphatic heterocycles. The Kier molecular flexibility index (Phi) is 81.9. The number of carbonyl (C=O) groups is 3. The van der Waals surface area contributed by atoms with Gasteiger partial charge in [0.1, 0.15) is 25.4 Å². The molecular weight excluding hydrogens is 1460 g/mol. The Morgan fingerprint density at radius 1 is 0.257 bits per heavy atom. The minimum absolute atomic E-state index is 0.0733. The molecule has 0 aromatic rings. The van der Waals surface area contributed by atoms with Gasteiger partial charge >= 0.3 is 33.6 Å². The fourth-order valence-corrected chi connectivity index (χ4v) is 13.1. The van der Waals surface area contributed by atoms with Crippen LogP contribution in [0.1, 0.15) is 342 Å². The van der Waals surface area contributed by atoms with Gasteiger partial charge in [-0.2, -0.15) is 0 Å². The molecule has 0 aromatic carbocycles. The lowest BCUT2D eigenvalue weighted by Crippen LogP contribution is -2.30. The number of hydrogen-bond donors (Lipinski definition) is 4. The molecule has 0 saturated carbocycles. The summed E-state index contributed by atoms with van der Waals surface area (Å²) in [6.07, 6.45) is 112. The minimum Gasteiger partial charge on any atom is -0.463 e. The van der Waals surface area contributed by atoms with Gasteiger partial charge in [-0.25, -0.2) is 9.13 Å². The van der Waals surface area contributed by atoms with Crippen LogP contribution in [-0.2, 0) is 55.8 Å². The average molecular weight is 1620 g/mol. The lowest BCUT2D eigenvalue weighted by Gasteiger charge is -2.21. The molecule has 5 atom stereocenters. The number of hydrogen-bond acceptors (Lipinski definition) is 14. The molecule has 4 N–H and O–H groups in total. The number of rotatable bonds is 82. The molecule has 0 radical (unpaired) electrons. The van der Waals surface area contributed by atoms with Gasteiger partial charge in [-0.1, -0.05) is 344 Å². The minimum atomic E-state index is -4.95. The van der Waals surface area contributed by atoms with Crippen molar-refractivity contribution >= 4 is 33.6 Å². The number of phosphoric acid groups is 2. The van der Waals surface area contributed by atoms with Gasteiger partial charge in [-0.15, -0.1) is 0 Å². The first-order valence-corrected chi connectivity index (χ1v) is 47.1. The van der Waals surface area contributed by atoms with Crippen molar-refractivity contribution in [2.45, 2.75) is 360 Å². The second kappa shape index (κ2) is 86.0. The van der Waals surface area contributed by atoms with Crippen LogP contribution in [0.5, 0.6) is 0 Å². The van der Waals surface area contributed by atoms with E-state index in [1.807, 2.05) is 0 Å². The zero-order valence-electron chi connectivity index (χ0n) is 70.7. The molecule has 18 heteroatoms. The second-order valence-electron chi connectivity index (χ2n) is 28.9. The molecular formula is C95H158O16P2. The van der Waals surface area contributed by atoms with E-state index in [1.165, 1.54) is 103 Å². The van der Waals surface area contributed by atoms with Crippen molar-refractivity contribution in [1.82, 2.24) is 0 Å². The lowest BCUT2D eigenvalue weighted by molar-refractivity contribution is -0.161. The first kappa shape index (κ1) is 108. The van der Waals surface area contributed by atoms with E-state index in [2.05, 4.69) is 203 Å². The number of phosphoric ester groups is 2. The molecule has 0 spiro atoms. The molecule has 16 nitrogen and oxygen atoms in total. The highest BCUT2D eigenvalue weighted by molar-refractivity contribution is 7.47. The first-order valence-electron chi connectivity index (χ1n) is 44.1. The maximum Gasteiger partial charge on any atom is 0.472 e. The van der Waals surface area contributed by atoms with Gasteiger partial charge in [-0.3, -0.25) is 32.5 Å².